The molecule has 3 unspecified atom stereocenters. The van der Waals surface area contributed by atoms with Crippen LogP contribution in [0.5, 0.6) is 0 Å². The molecular weight excluding hydrogens is 268 g/mol. The Kier molecular flexibility index (Phi) is 7.46. The van der Waals surface area contributed by atoms with Gasteiger partial charge >= 0.3 is 6.09 Å². The molecule has 21 heavy (non-hydrogen) atoms. The number of hydrogen-bond acceptors (Lipinski definition) is 4. The number of carbonyl (C=O) groups is 1. The van der Waals surface area contributed by atoms with E-state index in [0.29, 0.717) is 12.1 Å². The fourth-order valence-electron chi connectivity index (χ4n) is 2.63. The average molecular weight is 300 g/mol. The molecule has 3 atom stereocenters. The molecule has 0 radical (unpaired) electrons. The van der Waals surface area contributed by atoms with Crippen molar-refractivity contribution in [2.75, 3.05) is 13.7 Å². The van der Waals surface area contributed by atoms with E-state index in [-0.39, 0.29) is 12.1 Å². The van der Waals surface area contributed by atoms with Crippen LogP contribution in [-0.2, 0) is 9.47 Å². The van der Waals surface area contributed by atoms with Crippen LogP contribution in [0.3, 0.4) is 0 Å². The van der Waals surface area contributed by atoms with Crippen LogP contribution >= 0.6 is 0 Å². The predicted octanol–water partition coefficient (Wildman–Crippen LogP) is 2.84. The summed E-state index contributed by atoms with van der Waals surface area (Å²) in [6.07, 6.45) is 5.51. The monoisotopic (exact) mass is 300 g/mol. The van der Waals surface area contributed by atoms with Gasteiger partial charge in [-0.15, -0.1) is 0 Å². The second kappa shape index (κ2) is 8.59. The molecule has 0 aliphatic heterocycles. The summed E-state index contributed by atoms with van der Waals surface area (Å²) in [5, 5.41) is 6.49. The normalized spacial score (nSPS) is 24.4. The summed E-state index contributed by atoms with van der Waals surface area (Å²) in [4.78, 5) is 11.8. The van der Waals surface area contributed by atoms with Gasteiger partial charge in [-0.25, -0.2) is 4.79 Å². The van der Waals surface area contributed by atoms with Crippen LogP contribution in [0.4, 0.5) is 4.79 Å². The van der Waals surface area contributed by atoms with E-state index in [1.165, 1.54) is 12.8 Å². The third kappa shape index (κ3) is 7.67. The first-order chi connectivity index (χ1) is 9.84. The van der Waals surface area contributed by atoms with Gasteiger partial charge in [0, 0.05) is 25.7 Å². The van der Waals surface area contributed by atoms with Crippen molar-refractivity contribution in [3.05, 3.63) is 0 Å². The van der Waals surface area contributed by atoms with E-state index in [1.54, 1.807) is 7.11 Å². The highest BCUT2D eigenvalue weighted by Crippen LogP contribution is 2.20. The van der Waals surface area contributed by atoms with Crippen LogP contribution in [0.15, 0.2) is 0 Å². The third-order valence-electron chi connectivity index (χ3n) is 3.83. The minimum Gasteiger partial charge on any atom is -0.444 e. The van der Waals surface area contributed by atoms with Crippen molar-refractivity contribution in [1.82, 2.24) is 10.6 Å². The molecule has 5 heteroatoms. The molecule has 0 aromatic carbocycles. The number of hydrogen-bond donors (Lipinski definition) is 2. The van der Waals surface area contributed by atoms with Crippen LogP contribution in [0, 0.1) is 0 Å². The second-order valence-corrected chi connectivity index (χ2v) is 6.88. The molecule has 1 rings (SSSR count). The molecule has 1 saturated carbocycles. The van der Waals surface area contributed by atoms with Gasteiger partial charge in [-0.05, 0) is 52.9 Å². The molecule has 0 bridgehead atoms. The molecule has 5 nitrogen and oxygen atoms in total. The lowest BCUT2D eigenvalue weighted by molar-refractivity contribution is 0.0487. The first-order valence-corrected chi connectivity index (χ1v) is 8.09. The van der Waals surface area contributed by atoms with E-state index in [4.69, 9.17) is 9.47 Å². The standard InChI is InChI=1S/C16H32N2O3/c1-6-12(18-15(19)21-16(2,3)4)11-17-13-8-7-9-14(10-13)20-5/h12-14,17H,6-11H2,1-5H3,(H,18,19). The van der Waals surface area contributed by atoms with E-state index >= 15 is 0 Å². The van der Waals surface area contributed by atoms with E-state index in [9.17, 15) is 4.79 Å². The Morgan fingerprint density at radius 2 is 2.05 bits per heavy atom. The Bertz CT molecular complexity index is 315. The van der Waals surface area contributed by atoms with Crippen molar-refractivity contribution in [2.24, 2.45) is 0 Å². The summed E-state index contributed by atoms with van der Waals surface area (Å²) in [5.41, 5.74) is -0.454. The Morgan fingerprint density at radius 1 is 1.33 bits per heavy atom. The maximum Gasteiger partial charge on any atom is 0.407 e. The van der Waals surface area contributed by atoms with Gasteiger partial charge in [0.05, 0.1) is 6.10 Å². The molecule has 1 aliphatic carbocycles. The lowest BCUT2D eigenvalue weighted by Crippen LogP contribution is -2.47. The molecule has 0 spiro atoms. The SMILES string of the molecule is CCC(CNC1CCCC(OC)C1)NC(=O)OC(C)(C)C. The Hall–Kier alpha value is -0.810. The molecule has 1 aliphatic rings. The summed E-state index contributed by atoms with van der Waals surface area (Å²) < 4.78 is 10.7. The topological polar surface area (TPSA) is 59.6 Å². The van der Waals surface area contributed by atoms with E-state index in [0.717, 1.165) is 25.8 Å². The molecule has 1 fully saturated rings. The van der Waals surface area contributed by atoms with Gasteiger partial charge in [0.25, 0.3) is 0 Å². The Morgan fingerprint density at radius 3 is 2.62 bits per heavy atom. The van der Waals surface area contributed by atoms with Crippen molar-refractivity contribution in [2.45, 2.75) is 83.6 Å². The fourth-order valence-corrected chi connectivity index (χ4v) is 2.63. The number of carbonyl (C=O) groups excluding carboxylic acids is 1. The smallest absolute Gasteiger partial charge is 0.407 e. The number of methoxy groups -OCH3 is 1. The van der Waals surface area contributed by atoms with Crippen molar-refractivity contribution in [1.29, 1.82) is 0 Å². The minimum absolute atomic E-state index is 0.0998. The Labute approximate surface area is 129 Å². The fraction of sp³-hybridized carbons (Fsp3) is 0.938. The van der Waals surface area contributed by atoms with Crippen LogP contribution in [0.25, 0.3) is 0 Å². The summed E-state index contributed by atoms with van der Waals surface area (Å²) in [5.74, 6) is 0. The largest absolute Gasteiger partial charge is 0.444 e. The zero-order valence-corrected chi connectivity index (χ0v) is 14.2. The summed E-state index contributed by atoms with van der Waals surface area (Å²) >= 11 is 0. The van der Waals surface area contributed by atoms with Gasteiger partial charge in [0.15, 0.2) is 0 Å². The Balaban J connectivity index is 2.32. The molecule has 0 aromatic heterocycles. The molecule has 124 valence electrons. The minimum atomic E-state index is -0.454. The first-order valence-electron chi connectivity index (χ1n) is 8.09. The van der Waals surface area contributed by atoms with Crippen LogP contribution in [0.2, 0.25) is 0 Å². The first kappa shape index (κ1) is 18.2. The molecule has 1 amide bonds. The molecular formula is C16H32N2O3. The lowest BCUT2D eigenvalue weighted by atomic mass is 9.92. The third-order valence-corrected chi connectivity index (χ3v) is 3.83. The van der Waals surface area contributed by atoms with Crippen LogP contribution < -0.4 is 10.6 Å². The van der Waals surface area contributed by atoms with Crippen molar-refractivity contribution in [3.8, 4) is 0 Å². The van der Waals surface area contributed by atoms with Gasteiger partial charge in [-0.2, -0.15) is 0 Å². The molecule has 0 aromatic rings. The van der Waals surface area contributed by atoms with Gasteiger partial charge < -0.3 is 20.1 Å². The van der Waals surface area contributed by atoms with Crippen molar-refractivity contribution < 1.29 is 14.3 Å². The highest BCUT2D eigenvalue weighted by atomic mass is 16.6. The maximum atomic E-state index is 11.8. The van der Waals surface area contributed by atoms with Gasteiger partial charge in [-0.3, -0.25) is 0 Å². The zero-order valence-electron chi connectivity index (χ0n) is 14.2. The van der Waals surface area contributed by atoms with Gasteiger partial charge in [-0.1, -0.05) is 6.92 Å². The van der Waals surface area contributed by atoms with E-state index in [1.807, 2.05) is 20.8 Å². The van der Waals surface area contributed by atoms with Crippen LogP contribution in [0.1, 0.15) is 59.8 Å². The lowest BCUT2D eigenvalue weighted by Gasteiger charge is -2.30. The molecule has 0 heterocycles. The number of rotatable bonds is 6. The number of alkyl carbamates (subject to hydrolysis) is 1. The number of ether oxygens (including phenoxy) is 2. The summed E-state index contributed by atoms with van der Waals surface area (Å²) in [7, 11) is 1.78. The molecule has 2 N–H and O–H groups in total. The van der Waals surface area contributed by atoms with Gasteiger partial charge in [0.2, 0.25) is 0 Å². The number of nitrogens with one attached hydrogen (secondary N) is 2. The van der Waals surface area contributed by atoms with Crippen molar-refractivity contribution in [3.63, 3.8) is 0 Å². The second-order valence-electron chi connectivity index (χ2n) is 6.88. The highest BCUT2D eigenvalue weighted by Gasteiger charge is 2.23. The maximum absolute atomic E-state index is 11.8. The van der Waals surface area contributed by atoms with Gasteiger partial charge in [0.1, 0.15) is 5.60 Å². The zero-order chi connectivity index (χ0) is 15.9. The quantitative estimate of drug-likeness (QED) is 0.792. The highest BCUT2D eigenvalue weighted by molar-refractivity contribution is 5.68. The summed E-state index contributed by atoms with van der Waals surface area (Å²) in [6, 6.07) is 0.584. The average Bonchev–Trinajstić information content (AvgIpc) is 2.41. The molecule has 0 saturated heterocycles. The summed E-state index contributed by atoms with van der Waals surface area (Å²) in [6.45, 7) is 8.47. The predicted molar refractivity (Wildman–Crippen MR) is 84.5 cm³/mol. The van der Waals surface area contributed by atoms with E-state index < -0.39 is 5.60 Å². The number of amides is 1. The van der Waals surface area contributed by atoms with Crippen molar-refractivity contribution >= 4 is 6.09 Å². The van der Waals surface area contributed by atoms with E-state index in [2.05, 4.69) is 17.6 Å². The van der Waals surface area contributed by atoms with Crippen LogP contribution in [-0.4, -0.2) is 43.5 Å².